The van der Waals surface area contributed by atoms with Crippen molar-refractivity contribution in [1.29, 1.82) is 0 Å². The van der Waals surface area contributed by atoms with Crippen LogP contribution in [0.3, 0.4) is 0 Å². The number of ether oxygens (including phenoxy) is 2. The molecule has 2 aliphatic heterocycles. The molecule has 4 heteroatoms. The van der Waals surface area contributed by atoms with Crippen LogP contribution in [0.2, 0.25) is 0 Å². The van der Waals surface area contributed by atoms with Crippen molar-refractivity contribution < 1.29 is 9.47 Å². The van der Waals surface area contributed by atoms with Crippen molar-refractivity contribution in [2.45, 2.75) is 58.0 Å². The Bertz CT molecular complexity index is 273. The molecule has 0 bridgehead atoms. The number of likely N-dealkylation sites (tertiary alicyclic amines) is 1. The van der Waals surface area contributed by atoms with E-state index < -0.39 is 0 Å². The first kappa shape index (κ1) is 14.3. The zero-order valence-electron chi connectivity index (χ0n) is 12.0. The van der Waals surface area contributed by atoms with E-state index in [1.807, 2.05) is 0 Å². The first-order chi connectivity index (χ1) is 8.52. The molecule has 0 aromatic heterocycles. The highest BCUT2D eigenvalue weighted by atomic mass is 16.7. The maximum absolute atomic E-state index is 6.03. The molecule has 2 rings (SSSR count). The summed E-state index contributed by atoms with van der Waals surface area (Å²) in [6, 6.07) is 0.651. The highest BCUT2D eigenvalue weighted by molar-refractivity contribution is 4.84. The molecule has 2 fully saturated rings. The zero-order chi connectivity index (χ0) is 13.2. The van der Waals surface area contributed by atoms with E-state index in [1.165, 1.54) is 19.5 Å². The second-order valence-corrected chi connectivity index (χ2v) is 6.21. The summed E-state index contributed by atoms with van der Waals surface area (Å²) in [6.07, 6.45) is 3.38. The molecule has 3 atom stereocenters. The quantitative estimate of drug-likeness (QED) is 0.811. The van der Waals surface area contributed by atoms with E-state index >= 15 is 0 Å². The van der Waals surface area contributed by atoms with Crippen LogP contribution in [-0.4, -0.2) is 49.1 Å². The van der Waals surface area contributed by atoms with Crippen molar-refractivity contribution in [2.75, 3.05) is 26.2 Å². The SMILES string of the molecule is CC(C)N1CCC(CC2(C)OCC(CCN)O2)C1. The summed E-state index contributed by atoms with van der Waals surface area (Å²) >= 11 is 0. The van der Waals surface area contributed by atoms with Crippen LogP contribution in [0, 0.1) is 5.92 Å². The first-order valence-electron chi connectivity index (χ1n) is 7.28. The molecule has 0 aromatic carbocycles. The summed E-state index contributed by atoms with van der Waals surface area (Å²) in [6.45, 7) is 10.4. The van der Waals surface area contributed by atoms with Crippen LogP contribution >= 0.6 is 0 Å². The van der Waals surface area contributed by atoms with E-state index in [2.05, 4.69) is 25.7 Å². The Labute approximate surface area is 111 Å². The molecule has 18 heavy (non-hydrogen) atoms. The molecule has 106 valence electrons. The van der Waals surface area contributed by atoms with Crippen molar-refractivity contribution in [1.82, 2.24) is 4.90 Å². The van der Waals surface area contributed by atoms with E-state index in [-0.39, 0.29) is 11.9 Å². The van der Waals surface area contributed by atoms with Gasteiger partial charge in [0, 0.05) is 19.0 Å². The van der Waals surface area contributed by atoms with Gasteiger partial charge in [-0.25, -0.2) is 0 Å². The third-order valence-electron chi connectivity index (χ3n) is 4.19. The van der Waals surface area contributed by atoms with E-state index in [4.69, 9.17) is 15.2 Å². The molecule has 0 amide bonds. The van der Waals surface area contributed by atoms with Gasteiger partial charge in [-0.2, -0.15) is 0 Å². The van der Waals surface area contributed by atoms with Gasteiger partial charge in [0.05, 0.1) is 12.7 Å². The highest BCUT2D eigenvalue weighted by Crippen LogP contribution is 2.34. The Balaban J connectivity index is 1.80. The second-order valence-electron chi connectivity index (χ2n) is 6.21. The minimum Gasteiger partial charge on any atom is -0.348 e. The zero-order valence-corrected chi connectivity index (χ0v) is 12.0. The monoisotopic (exact) mass is 256 g/mol. The summed E-state index contributed by atoms with van der Waals surface area (Å²) in [5.41, 5.74) is 5.57. The smallest absolute Gasteiger partial charge is 0.166 e. The molecule has 0 aromatic rings. The van der Waals surface area contributed by atoms with Gasteiger partial charge in [-0.1, -0.05) is 0 Å². The number of rotatable bonds is 5. The Kier molecular flexibility index (Phi) is 4.64. The van der Waals surface area contributed by atoms with Crippen LogP contribution < -0.4 is 5.73 Å². The molecule has 3 unspecified atom stereocenters. The molecule has 2 N–H and O–H groups in total. The Morgan fingerprint density at radius 1 is 1.44 bits per heavy atom. The Morgan fingerprint density at radius 3 is 2.83 bits per heavy atom. The Morgan fingerprint density at radius 2 is 2.22 bits per heavy atom. The highest BCUT2D eigenvalue weighted by Gasteiger charge is 2.40. The van der Waals surface area contributed by atoms with Crippen LogP contribution in [-0.2, 0) is 9.47 Å². The van der Waals surface area contributed by atoms with Crippen LogP contribution in [0.1, 0.15) is 40.0 Å². The lowest BCUT2D eigenvalue weighted by atomic mass is 9.99. The molecular weight excluding hydrogens is 228 g/mol. The van der Waals surface area contributed by atoms with Crippen molar-refractivity contribution in [2.24, 2.45) is 11.7 Å². The average Bonchev–Trinajstić information content (AvgIpc) is 2.87. The number of hydrogen-bond donors (Lipinski definition) is 1. The number of nitrogens with two attached hydrogens (primary N) is 1. The summed E-state index contributed by atoms with van der Waals surface area (Å²) in [4.78, 5) is 2.54. The van der Waals surface area contributed by atoms with Gasteiger partial charge in [-0.05, 0) is 52.6 Å². The summed E-state index contributed by atoms with van der Waals surface area (Å²) in [5, 5.41) is 0. The van der Waals surface area contributed by atoms with Gasteiger partial charge in [0.15, 0.2) is 5.79 Å². The number of nitrogens with zero attached hydrogens (tertiary/aromatic N) is 1. The van der Waals surface area contributed by atoms with Crippen molar-refractivity contribution in [3.8, 4) is 0 Å². The lowest BCUT2D eigenvalue weighted by Gasteiger charge is -2.27. The third-order valence-corrected chi connectivity index (χ3v) is 4.19. The maximum atomic E-state index is 6.03. The Hall–Kier alpha value is -0.160. The fraction of sp³-hybridized carbons (Fsp3) is 1.00. The molecular formula is C14H28N2O2. The molecule has 2 aliphatic rings. The largest absolute Gasteiger partial charge is 0.348 e. The second kappa shape index (κ2) is 5.87. The van der Waals surface area contributed by atoms with Crippen LogP contribution in [0.5, 0.6) is 0 Å². The van der Waals surface area contributed by atoms with E-state index in [0.717, 1.165) is 12.8 Å². The maximum Gasteiger partial charge on any atom is 0.166 e. The molecule has 0 aliphatic carbocycles. The minimum absolute atomic E-state index is 0.197. The topological polar surface area (TPSA) is 47.7 Å². The molecule has 0 saturated carbocycles. The molecule has 0 radical (unpaired) electrons. The summed E-state index contributed by atoms with van der Waals surface area (Å²) in [7, 11) is 0. The summed E-state index contributed by atoms with van der Waals surface area (Å²) < 4.78 is 11.9. The van der Waals surface area contributed by atoms with Gasteiger partial charge < -0.3 is 20.1 Å². The first-order valence-corrected chi connectivity index (χ1v) is 7.28. The molecule has 2 saturated heterocycles. The fourth-order valence-electron chi connectivity index (χ4n) is 3.15. The van der Waals surface area contributed by atoms with E-state index in [1.54, 1.807) is 0 Å². The van der Waals surface area contributed by atoms with Crippen molar-refractivity contribution in [3.63, 3.8) is 0 Å². The van der Waals surface area contributed by atoms with Crippen LogP contribution in [0.4, 0.5) is 0 Å². The van der Waals surface area contributed by atoms with Gasteiger partial charge in [-0.3, -0.25) is 0 Å². The third kappa shape index (κ3) is 3.44. The number of hydrogen-bond acceptors (Lipinski definition) is 4. The van der Waals surface area contributed by atoms with Crippen LogP contribution in [0.15, 0.2) is 0 Å². The average molecular weight is 256 g/mol. The summed E-state index contributed by atoms with van der Waals surface area (Å²) in [5.74, 6) is 0.325. The standard InChI is InChI=1S/C14H28N2O2/c1-11(2)16-7-5-12(9-16)8-14(3)17-10-13(18-14)4-6-15/h11-13H,4-10,15H2,1-3H3. The van der Waals surface area contributed by atoms with Gasteiger partial charge in [0.2, 0.25) is 0 Å². The normalized spacial score (nSPS) is 37.8. The molecule has 4 nitrogen and oxygen atoms in total. The van der Waals surface area contributed by atoms with Gasteiger partial charge >= 0.3 is 0 Å². The van der Waals surface area contributed by atoms with E-state index in [0.29, 0.717) is 25.1 Å². The lowest BCUT2D eigenvalue weighted by Crippen LogP contribution is -2.33. The molecule has 0 spiro atoms. The fourth-order valence-corrected chi connectivity index (χ4v) is 3.15. The predicted molar refractivity (Wildman–Crippen MR) is 72.3 cm³/mol. The van der Waals surface area contributed by atoms with Gasteiger partial charge in [-0.15, -0.1) is 0 Å². The van der Waals surface area contributed by atoms with Crippen LogP contribution in [0.25, 0.3) is 0 Å². The van der Waals surface area contributed by atoms with Crippen molar-refractivity contribution in [3.05, 3.63) is 0 Å². The van der Waals surface area contributed by atoms with Gasteiger partial charge in [0.1, 0.15) is 0 Å². The minimum atomic E-state index is -0.377. The van der Waals surface area contributed by atoms with Gasteiger partial charge in [0.25, 0.3) is 0 Å². The van der Waals surface area contributed by atoms with Crippen molar-refractivity contribution >= 4 is 0 Å². The van der Waals surface area contributed by atoms with E-state index in [9.17, 15) is 0 Å². The molecule has 2 heterocycles. The predicted octanol–water partition coefficient (Wildman–Crippen LogP) is 1.59. The lowest BCUT2D eigenvalue weighted by molar-refractivity contribution is -0.165.